The average Bonchev–Trinajstić information content (AvgIpc) is 2.41. The Bertz CT molecular complexity index is 453. The van der Waals surface area contributed by atoms with Crippen LogP contribution < -0.4 is 15.4 Å². The summed E-state index contributed by atoms with van der Waals surface area (Å²) in [5.41, 5.74) is 2.06. The quantitative estimate of drug-likeness (QED) is 0.832. The van der Waals surface area contributed by atoms with Crippen LogP contribution in [0.25, 0.3) is 0 Å². The van der Waals surface area contributed by atoms with Crippen LogP contribution in [0.1, 0.15) is 18.4 Å². The second kappa shape index (κ2) is 4.98. The average molecular weight is 246 g/mol. The fraction of sp³-hybridized carbons (Fsp3) is 0.500. The Balaban J connectivity index is 1.81. The molecule has 1 fully saturated rings. The summed E-state index contributed by atoms with van der Waals surface area (Å²) in [5, 5.41) is 6.36. The van der Waals surface area contributed by atoms with Crippen molar-refractivity contribution in [1.29, 1.82) is 0 Å². The van der Waals surface area contributed by atoms with Gasteiger partial charge in [-0.15, -0.1) is 0 Å². The van der Waals surface area contributed by atoms with Crippen LogP contribution >= 0.6 is 0 Å². The maximum atomic E-state index is 11.4. The lowest BCUT2D eigenvalue weighted by Crippen LogP contribution is -2.31. The van der Waals surface area contributed by atoms with Crippen LogP contribution in [0.5, 0.6) is 5.75 Å². The Labute approximate surface area is 107 Å². The first-order chi connectivity index (χ1) is 8.83. The van der Waals surface area contributed by atoms with Gasteiger partial charge in [-0.2, -0.15) is 0 Å². The van der Waals surface area contributed by atoms with Crippen molar-refractivity contribution >= 4 is 11.6 Å². The van der Waals surface area contributed by atoms with Gasteiger partial charge in [0.1, 0.15) is 5.75 Å². The summed E-state index contributed by atoms with van der Waals surface area (Å²) in [5.74, 6) is 1.40. The maximum Gasteiger partial charge on any atom is 0.262 e. The highest BCUT2D eigenvalue weighted by atomic mass is 16.5. The maximum absolute atomic E-state index is 11.4. The SMILES string of the molecule is O=C1COc2cccc(CC3CCCNC3)c2N1. The number of para-hydroxylation sites is 1. The molecule has 4 heteroatoms. The molecule has 1 aromatic carbocycles. The van der Waals surface area contributed by atoms with E-state index >= 15 is 0 Å². The predicted molar refractivity (Wildman–Crippen MR) is 69.9 cm³/mol. The summed E-state index contributed by atoms with van der Waals surface area (Å²) in [6, 6.07) is 6.00. The van der Waals surface area contributed by atoms with Crippen molar-refractivity contribution < 1.29 is 9.53 Å². The van der Waals surface area contributed by atoms with Crippen molar-refractivity contribution in [3.8, 4) is 5.75 Å². The lowest BCUT2D eigenvalue weighted by molar-refractivity contribution is -0.118. The lowest BCUT2D eigenvalue weighted by atomic mass is 9.91. The molecule has 3 rings (SSSR count). The first kappa shape index (κ1) is 11.5. The van der Waals surface area contributed by atoms with Gasteiger partial charge in [0.05, 0.1) is 5.69 Å². The third-order valence-corrected chi connectivity index (χ3v) is 3.64. The Morgan fingerprint density at radius 2 is 2.33 bits per heavy atom. The zero-order chi connectivity index (χ0) is 12.4. The van der Waals surface area contributed by atoms with Gasteiger partial charge in [0.15, 0.2) is 6.61 Å². The number of anilines is 1. The van der Waals surface area contributed by atoms with Crippen molar-refractivity contribution in [3.63, 3.8) is 0 Å². The largest absolute Gasteiger partial charge is 0.482 e. The molecule has 18 heavy (non-hydrogen) atoms. The molecular formula is C14H18N2O2. The minimum atomic E-state index is -0.0586. The molecule has 0 saturated carbocycles. The van der Waals surface area contributed by atoms with E-state index in [0.29, 0.717) is 5.92 Å². The summed E-state index contributed by atoms with van der Waals surface area (Å²) in [4.78, 5) is 11.4. The highest BCUT2D eigenvalue weighted by Crippen LogP contribution is 2.33. The monoisotopic (exact) mass is 246 g/mol. The normalized spacial score (nSPS) is 22.9. The zero-order valence-electron chi connectivity index (χ0n) is 10.4. The first-order valence-electron chi connectivity index (χ1n) is 6.58. The van der Waals surface area contributed by atoms with Crippen LogP contribution in [0.3, 0.4) is 0 Å². The van der Waals surface area contributed by atoms with E-state index in [0.717, 1.165) is 30.9 Å². The van der Waals surface area contributed by atoms with E-state index in [1.807, 2.05) is 12.1 Å². The summed E-state index contributed by atoms with van der Waals surface area (Å²) in [6.45, 7) is 2.32. The number of rotatable bonds is 2. The molecule has 1 atom stereocenters. The molecule has 0 spiro atoms. The van der Waals surface area contributed by atoms with Crippen LogP contribution in [0.15, 0.2) is 18.2 Å². The van der Waals surface area contributed by atoms with Gasteiger partial charge in [-0.1, -0.05) is 12.1 Å². The van der Waals surface area contributed by atoms with Crippen molar-refractivity contribution in [3.05, 3.63) is 23.8 Å². The molecule has 2 aliphatic heterocycles. The van der Waals surface area contributed by atoms with Crippen molar-refractivity contribution in [2.75, 3.05) is 25.0 Å². The lowest BCUT2D eigenvalue weighted by Gasteiger charge is -2.26. The van der Waals surface area contributed by atoms with E-state index in [9.17, 15) is 4.79 Å². The van der Waals surface area contributed by atoms with Crippen molar-refractivity contribution in [2.24, 2.45) is 5.92 Å². The number of piperidine rings is 1. The molecule has 0 radical (unpaired) electrons. The van der Waals surface area contributed by atoms with Crippen LogP contribution in [-0.2, 0) is 11.2 Å². The van der Waals surface area contributed by atoms with Gasteiger partial charge in [0.2, 0.25) is 0 Å². The Morgan fingerprint density at radius 3 is 3.17 bits per heavy atom. The van der Waals surface area contributed by atoms with Gasteiger partial charge in [-0.05, 0) is 49.9 Å². The molecule has 0 aliphatic carbocycles. The highest BCUT2D eigenvalue weighted by Gasteiger charge is 2.21. The topological polar surface area (TPSA) is 50.4 Å². The number of amides is 1. The minimum Gasteiger partial charge on any atom is -0.482 e. The number of ether oxygens (including phenoxy) is 1. The summed E-state index contributed by atoms with van der Waals surface area (Å²) >= 11 is 0. The fourth-order valence-electron chi connectivity index (χ4n) is 2.74. The molecule has 2 N–H and O–H groups in total. The number of carbonyl (C=O) groups excluding carboxylic acids is 1. The van der Waals surface area contributed by atoms with E-state index in [-0.39, 0.29) is 12.5 Å². The number of nitrogens with one attached hydrogen (secondary N) is 2. The van der Waals surface area contributed by atoms with Gasteiger partial charge in [0.25, 0.3) is 5.91 Å². The first-order valence-corrected chi connectivity index (χ1v) is 6.58. The summed E-state index contributed by atoms with van der Waals surface area (Å²) < 4.78 is 5.44. The predicted octanol–water partition coefficient (Wildman–Crippen LogP) is 1.56. The number of fused-ring (bicyclic) bond motifs is 1. The molecule has 2 heterocycles. The highest BCUT2D eigenvalue weighted by molar-refractivity contribution is 5.96. The number of hydrogen-bond donors (Lipinski definition) is 2. The molecule has 1 saturated heterocycles. The van der Waals surface area contributed by atoms with E-state index in [1.165, 1.54) is 18.4 Å². The van der Waals surface area contributed by atoms with Crippen molar-refractivity contribution in [2.45, 2.75) is 19.3 Å². The number of hydrogen-bond acceptors (Lipinski definition) is 3. The molecule has 0 bridgehead atoms. The Kier molecular flexibility index (Phi) is 3.19. The molecule has 1 amide bonds. The van der Waals surface area contributed by atoms with Gasteiger partial charge in [-0.25, -0.2) is 0 Å². The zero-order valence-corrected chi connectivity index (χ0v) is 10.4. The van der Waals surface area contributed by atoms with Gasteiger partial charge >= 0.3 is 0 Å². The molecular weight excluding hydrogens is 228 g/mol. The minimum absolute atomic E-state index is 0.0586. The summed E-state index contributed by atoms with van der Waals surface area (Å²) in [7, 11) is 0. The van der Waals surface area contributed by atoms with Gasteiger partial charge in [-0.3, -0.25) is 4.79 Å². The molecule has 1 unspecified atom stereocenters. The van der Waals surface area contributed by atoms with Crippen LogP contribution in [0.4, 0.5) is 5.69 Å². The second-order valence-corrected chi connectivity index (χ2v) is 5.04. The summed E-state index contributed by atoms with van der Waals surface area (Å²) in [6.07, 6.45) is 3.49. The number of benzene rings is 1. The van der Waals surface area contributed by atoms with Crippen LogP contribution in [0, 0.1) is 5.92 Å². The molecule has 0 aromatic heterocycles. The van der Waals surface area contributed by atoms with E-state index < -0.39 is 0 Å². The number of carbonyl (C=O) groups is 1. The van der Waals surface area contributed by atoms with E-state index in [4.69, 9.17) is 4.74 Å². The third-order valence-electron chi connectivity index (χ3n) is 3.64. The molecule has 4 nitrogen and oxygen atoms in total. The van der Waals surface area contributed by atoms with Gasteiger partial charge in [0, 0.05) is 0 Å². The van der Waals surface area contributed by atoms with E-state index in [2.05, 4.69) is 16.7 Å². The standard InChI is InChI=1S/C14H18N2O2/c17-13-9-18-12-5-1-4-11(14(12)16-13)7-10-3-2-6-15-8-10/h1,4-5,10,15H,2-3,6-9H2,(H,16,17). The van der Waals surface area contributed by atoms with Crippen LogP contribution in [-0.4, -0.2) is 25.6 Å². The van der Waals surface area contributed by atoms with Gasteiger partial charge < -0.3 is 15.4 Å². The van der Waals surface area contributed by atoms with Crippen molar-refractivity contribution in [1.82, 2.24) is 5.32 Å². The molecule has 2 aliphatic rings. The third kappa shape index (κ3) is 2.34. The smallest absolute Gasteiger partial charge is 0.262 e. The second-order valence-electron chi connectivity index (χ2n) is 5.04. The van der Waals surface area contributed by atoms with Crippen LogP contribution in [0.2, 0.25) is 0 Å². The Morgan fingerprint density at radius 1 is 1.39 bits per heavy atom. The Hall–Kier alpha value is -1.55. The van der Waals surface area contributed by atoms with E-state index in [1.54, 1.807) is 0 Å². The molecule has 96 valence electrons. The molecule has 1 aromatic rings. The fourth-order valence-corrected chi connectivity index (χ4v) is 2.74.